The molecule has 3 rings (SSSR count). The summed E-state index contributed by atoms with van der Waals surface area (Å²) < 4.78 is 87.2. The SMILES string of the molecule is COC(=O)C(=O)N(Cc1ccccc1)c1ccc(-c2ccc(OC(F)(F)F)cc2)c(C(F)(F)F)c1. The monoisotopic (exact) mass is 497 g/mol. The Bertz CT molecular complexity index is 1190. The first-order chi connectivity index (χ1) is 16.4. The van der Waals surface area contributed by atoms with Crippen LogP contribution in [0.25, 0.3) is 11.1 Å². The molecule has 0 radical (unpaired) electrons. The van der Waals surface area contributed by atoms with Gasteiger partial charge in [-0.1, -0.05) is 48.5 Å². The minimum Gasteiger partial charge on any atom is -0.462 e. The molecule has 11 heteroatoms. The lowest BCUT2D eigenvalue weighted by Crippen LogP contribution is -2.37. The lowest BCUT2D eigenvalue weighted by Gasteiger charge is -2.24. The number of nitrogens with zero attached hydrogens (tertiary/aromatic N) is 1. The van der Waals surface area contributed by atoms with E-state index in [0.29, 0.717) is 11.6 Å². The third kappa shape index (κ3) is 6.52. The summed E-state index contributed by atoms with van der Waals surface area (Å²) in [6.07, 6.45) is -9.84. The molecule has 5 nitrogen and oxygen atoms in total. The van der Waals surface area contributed by atoms with Crippen molar-refractivity contribution in [3.63, 3.8) is 0 Å². The Morgan fingerprint density at radius 3 is 2.03 bits per heavy atom. The molecule has 3 aromatic rings. The number of alkyl halides is 6. The lowest BCUT2D eigenvalue weighted by atomic mass is 9.98. The summed E-state index contributed by atoms with van der Waals surface area (Å²) in [6.45, 7) is -0.213. The van der Waals surface area contributed by atoms with Gasteiger partial charge in [-0.3, -0.25) is 9.69 Å². The average molecular weight is 497 g/mol. The van der Waals surface area contributed by atoms with Gasteiger partial charge in [-0.15, -0.1) is 13.2 Å². The quantitative estimate of drug-likeness (QED) is 0.247. The van der Waals surface area contributed by atoms with E-state index in [9.17, 15) is 35.9 Å². The fourth-order valence-electron chi connectivity index (χ4n) is 3.27. The number of anilines is 1. The van der Waals surface area contributed by atoms with Crippen LogP contribution in [0.1, 0.15) is 11.1 Å². The first-order valence-electron chi connectivity index (χ1n) is 9.90. The highest BCUT2D eigenvalue weighted by Gasteiger charge is 2.36. The predicted molar refractivity (Wildman–Crippen MR) is 113 cm³/mol. The molecule has 3 aromatic carbocycles. The Balaban J connectivity index is 2.05. The third-order valence-electron chi connectivity index (χ3n) is 4.81. The highest BCUT2D eigenvalue weighted by atomic mass is 19.4. The maximum absolute atomic E-state index is 14.0. The van der Waals surface area contributed by atoms with E-state index < -0.39 is 35.7 Å². The van der Waals surface area contributed by atoms with Crippen LogP contribution in [0, 0.1) is 0 Å². The van der Waals surface area contributed by atoms with Gasteiger partial charge in [0, 0.05) is 5.69 Å². The molecule has 0 spiro atoms. The number of hydrogen-bond donors (Lipinski definition) is 0. The van der Waals surface area contributed by atoms with E-state index in [1.54, 1.807) is 30.3 Å². The summed E-state index contributed by atoms with van der Waals surface area (Å²) in [5, 5.41) is 0. The van der Waals surface area contributed by atoms with Crippen molar-refractivity contribution in [1.29, 1.82) is 0 Å². The highest BCUT2D eigenvalue weighted by Crippen LogP contribution is 2.40. The summed E-state index contributed by atoms with van der Waals surface area (Å²) in [7, 11) is 0.970. The Labute approximate surface area is 195 Å². The average Bonchev–Trinajstić information content (AvgIpc) is 2.81. The molecule has 0 saturated heterocycles. The van der Waals surface area contributed by atoms with Gasteiger partial charge in [0.05, 0.1) is 19.2 Å². The molecule has 35 heavy (non-hydrogen) atoms. The van der Waals surface area contributed by atoms with Crippen molar-refractivity contribution < 1.29 is 45.4 Å². The van der Waals surface area contributed by atoms with Gasteiger partial charge in [0.15, 0.2) is 0 Å². The van der Waals surface area contributed by atoms with Gasteiger partial charge in [-0.2, -0.15) is 13.2 Å². The van der Waals surface area contributed by atoms with Crippen LogP contribution >= 0.6 is 0 Å². The molecule has 0 saturated carbocycles. The summed E-state index contributed by atoms with van der Waals surface area (Å²) in [5.74, 6) is -3.03. The van der Waals surface area contributed by atoms with Gasteiger partial charge < -0.3 is 9.47 Å². The summed E-state index contributed by atoms with van der Waals surface area (Å²) in [5.41, 5.74) is -1.22. The van der Waals surface area contributed by atoms with Crippen molar-refractivity contribution in [2.75, 3.05) is 12.0 Å². The number of ether oxygens (including phenoxy) is 2. The van der Waals surface area contributed by atoms with Crippen LogP contribution in [0.5, 0.6) is 5.75 Å². The zero-order chi connectivity index (χ0) is 25.8. The zero-order valence-corrected chi connectivity index (χ0v) is 18.0. The van der Waals surface area contributed by atoms with Crippen LogP contribution in [-0.4, -0.2) is 25.3 Å². The molecular formula is C24H17F6NO4. The minimum absolute atomic E-state index is 0.0349. The van der Waals surface area contributed by atoms with Crippen molar-refractivity contribution in [1.82, 2.24) is 0 Å². The highest BCUT2D eigenvalue weighted by molar-refractivity contribution is 6.38. The lowest BCUT2D eigenvalue weighted by molar-refractivity contribution is -0.274. The van der Waals surface area contributed by atoms with Crippen LogP contribution in [-0.2, 0) is 27.0 Å². The number of rotatable bonds is 5. The van der Waals surface area contributed by atoms with Gasteiger partial charge in [-0.25, -0.2) is 4.79 Å². The molecule has 0 aliphatic heterocycles. The fraction of sp³-hybridized carbons (Fsp3) is 0.167. The summed E-state index contributed by atoms with van der Waals surface area (Å²) in [4.78, 5) is 25.3. The predicted octanol–water partition coefficient (Wildman–Crippen LogP) is 5.98. The molecule has 0 aliphatic rings. The normalized spacial score (nSPS) is 11.6. The molecule has 0 aliphatic carbocycles. The Kier molecular flexibility index (Phi) is 7.37. The number of hydrogen-bond acceptors (Lipinski definition) is 4. The van der Waals surface area contributed by atoms with Crippen LogP contribution < -0.4 is 9.64 Å². The van der Waals surface area contributed by atoms with Crippen molar-refractivity contribution in [3.8, 4) is 16.9 Å². The molecular weight excluding hydrogens is 480 g/mol. The van der Waals surface area contributed by atoms with Gasteiger partial charge in [0.25, 0.3) is 0 Å². The Morgan fingerprint density at radius 1 is 0.857 bits per heavy atom. The smallest absolute Gasteiger partial charge is 0.462 e. The molecule has 0 heterocycles. The molecule has 0 atom stereocenters. The van der Waals surface area contributed by atoms with Crippen LogP contribution in [0.15, 0.2) is 72.8 Å². The second kappa shape index (κ2) is 10.1. The van der Waals surface area contributed by atoms with Crippen LogP contribution in [0.3, 0.4) is 0 Å². The maximum Gasteiger partial charge on any atom is 0.573 e. The van der Waals surface area contributed by atoms with E-state index in [2.05, 4.69) is 9.47 Å². The van der Waals surface area contributed by atoms with Gasteiger partial charge >= 0.3 is 24.4 Å². The maximum atomic E-state index is 14.0. The second-order valence-corrected chi connectivity index (χ2v) is 7.17. The summed E-state index contributed by atoms with van der Waals surface area (Å²) in [6, 6.07) is 15.1. The number of halogens is 6. The number of esters is 1. The van der Waals surface area contributed by atoms with Crippen LogP contribution in [0.2, 0.25) is 0 Å². The van der Waals surface area contributed by atoms with E-state index in [-0.39, 0.29) is 23.4 Å². The van der Waals surface area contributed by atoms with Gasteiger partial charge in [0.1, 0.15) is 5.75 Å². The standard InChI is InChI=1S/C24H17F6NO4/c1-34-22(33)21(32)31(14-15-5-3-2-4-6-15)17-9-12-19(20(13-17)23(25,26)27)16-7-10-18(11-8-16)35-24(28,29)30/h2-13H,14H2,1H3. The zero-order valence-electron chi connectivity index (χ0n) is 18.0. The molecule has 0 aromatic heterocycles. The second-order valence-electron chi connectivity index (χ2n) is 7.17. The molecule has 0 bridgehead atoms. The van der Waals surface area contributed by atoms with Crippen molar-refractivity contribution in [3.05, 3.63) is 83.9 Å². The molecule has 1 amide bonds. The van der Waals surface area contributed by atoms with Crippen molar-refractivity contribution in [2.45, 2.75) is 19.1 Å². The first kappa shape index (κ1) is 25.6. The Morgan fingerprint density at radius 2 is 1.49 bits per heavy atom. The topological polar surface area (TPSA) is 55.8 Å². The number of amides is 1. The Hall–Kier alpha value is -4.02. The van der Waals surface area contributed by atoms with Crippen LogP contribution in [0.4, 0.5) is 32.0 Å². The van der Waals surface area contributed by atoms with Gasteiger partial charge in [0.2, 0.25) is 0 Å². The van der Waals surface area contributed by atoms with E-state index in [1.807, 2.05) is 0 Å². The van der Waals surface area contributed by atoms with Gasteiger partial charge in [-0.05, 0) is 41.0 Å². The number of methoxy groups -OCH3 is 1. The number of carbonyl (C=O) groups is 2. The number of carbonyl (C=O) groups excluding carboxylic acids is 2. The van der Waals surface area contributed by atoms with E-state index in [4.69, 9.17) is 0 Å². The van der Waals surface area contributed by atoms with E-state index in [0.717, 1.165) is 42.3 Å². The fourth-order valence-corrected chi connectivity index (χ4v) is 3.27. The minimum atomic E-state index is -4.95. The third-order valence-corrected chi connectivity index (χ3v) is 4.81. The first-order valence-corrected chi connectivity index (χ1v) is 9.90. The van der Waals surface area contributed by atoms with Crippen molar-refractivity contribution in [2.24, 2.45) is 0 Å². The largest absolute Gasteiger partial charge is 0.573 e. The van der Waals surface area contributed by atoms with E-state index >= 15 is 0 Å². The molecule has 0 N–H and O–H groups in total. The van der Waals surface area contributed by atoms with Crippen molar-refractivity contribution >= 4 is 17.6 Å². The van der Waals surface area contributed by atoms with E-state index in [1.165, 1.54) is 6.07 Å². The summed E-state index contributed by atoms with van der Waals surface area (Å²) >= 11 is 0. The molecule has 0 unspecified atom stereocenters. The molecule has 184 valence electrons. The molecule has 0 fully saturated rings. The number of benzene rings is 3.